The Labute approximate surface area is 191 Å². The molecular weight excluding hydrogens is 447 g/mol. The zero-order valence-electron chi connectivity index (χ0n) is 17.6. The largest absolute Gasteiger partial charge is 0.573 e. The van der Waals surface area contributed by atoms with Gasteiger partial charge in [0.05, 0.1) is 11.2 Å². The van der Waals surface area contributed by atoms with Gasteiger partial charge in [0.15, 0.2) is 0 Å². The molecule has 0 atom stereocenters. The molecule has 5 aromatic rings. The molecule has 0 aliphatic carbocycles. The smallest absolute Gasteiger partial charge is 0.406 e. The number of hydrogen-bond acceptors (Lipinski definition) is 3. The van der Waals surface area contributed by atoms with Gasteiger partial charge in [-0.1, -0.05) is 6.07 Å². The Morgan fingerprint density at radius 1 is 1.00 bits per heavy atom. The van der Waals surface area contributed by atoms with Gasteiger partial charge in [-0.2, -0.15) is 0 Å². The predicted octanol–water partition coefficient (Wildman–Crippen LogP) is 6.11. The highest BCUT2D eigenvalue weighted by Crippen LogP contribution is 2.27. The maximum atomic E-state index is 12.5. The van der Waals surface area contributed by atoms with Crippen LogP contribution in [0.2, 0.25) is 0 Å². The van der Waals surface area contributed by atoms with E-state index in [1.54, 1.807) is 12.3 Å². The lowest BCUT2D eigenvalue weighted by Crippen LogP contribution is -2.20. The second kappa shape index (κ2) is 8.47. The molecule has 0 saturated heterocycles. The molecule has 0 saturated carbocycles. The molecule has 0 unspecified atom stereocenters. The first-order valence-electron chi connectivity index (χ1n) is 10.3. The molecule has 3 aromatic heterocycles. The van der Waals surface area contributed by atoms with Crippen LogP contribution in [0.1, 0.15) is 5.56 Å². The van der Waals surface area contributed by atoms with Crippen molar-refractivity contribution in [2.45, 2.75) is 12.9 Å². The van der Waals surface area contributed by atoms with Gasteiger partial charge in [-0.15, -0.1) is 13.2 Å². The fourth-order valence-corrected chi connectivity index (χ4v) is 3.82. The summed E-state index contributed by atoms with van der Waals surface area (Å²) in [5.41, 5.74) is 3.78. The molecule has 10 heteroatoms. The molecule has 0 fully saturated rings. The number of rotatable bonds is 5. The summed E-state index contributed by atoms with van der Waals surface area (Å²) in [5, 5.41) is 7.30. The molecule has 2 aromatic carbocycles. The average Bonchev–Trinajstić information content (AvgIpc) is 3.40. The van der Waals surface area contributed by atoms with Crippen molar-refractivity contribution in [3.05, 3.63) is 84.8 Å². The number of ether oxygens (including phenoxy) is 1. The van der Waals surface area contributed by atoms with Crippen LogP contribution in [0.3, 0.4) is 0 Å². The van der Waals surface area contributed by atoms with Crippen LogP contribution < -0.4 is 15.4 Å². The summed E-state index contributed by atoms with van der Waals surface area (Å²) in [6.45, 7) is 0.622. The minimum absolute atomic E-state index is 0.324. The van der Waals surface area contributed by atoms with Gasteiger partial charge in [0.1, 0.15) is 11.4 Å². The van der Waals surface area contributed by atoms with Crippen molar-refractivity contribution in [2.24, 2.45) is 0 Å². The van der Waals surface area contributed by atoms with Gasteiger partial charge in [-0.3, -0.25) is 0 Å². The number of carbonyl (C=O) groups excluding carboxylic acids is 1. The molecular formula is C24H18F3N5O2. The highest BCUT2D eigenvalue weighted by molar-refractivity contribution is 6.05. The fraction of sp³-hybridized carbons (Fsp3) is 0.0833. The SMILES string of the molecule is O=C(Nc1ccc(OC(F)(F)F)cc1)Nc1cccc2c1ccn2Cc1c[nH]c2ncccc12. The van der Waals surface area contributed by atoms with Gasteiger partial charge in [0.2, 0.25) is 0 Å². The highest BCUT2D eigenvalue weighted by atomic mass is 19.4. The first-order chi connectivity index (χ1) is 16.4. The van der Waals surface area contributed by atoms with Crippen molar-refractivity contribution in [1.82, 2.24) is 14.5 Å². The number of carbonyl (C=O) groups is 1. The van der Waals surface area contributed by atoms with Crippen LogP contribution in [-0.4, -0.2) is 26.9 Å². The second-order valence-electron chi connectivity index (χ2n) is 7.55. The van der Waals surface area contributed by atoms with Crippen molar-refractivity contribution in [2.75, 3.05) is 10.6 Å². The van der Waals surface area contributed by atoms with Gasteiger partial charge >= 0.3 is 12.4 Å². The van der Waals surface area contributed by atoms with Crippen LogP contribution in [-0.2, 0) is 6.54 Å². The Kier molecular flexibility index (Phi) is 5.33. The highest BCUT2D eigenvalue weighted by Gasteiger charge is 2.31. The Balaban J connectivity index is 1.31. The number of halogens is 3. The van der Waals surface area contributed by atoms with Crippen LogP contribution in [0.4, 0.5) is 29.3 Å². The van der Waals surface area contributed by atoms with E-state index < -0.39 is 12.4 Å². The van der Waals surface area contributed by atoms with E-state index in [2.05, 4.69) is 29.9 Å². The van der Waals surface area contributed by atoms with E-state index in [4.69, 9.17) is 0 Å². The molecule has 2 amide bonds. The zero-order valence-corrected chi connectivity index (χ0v) is 17.6. The number of amides is 2. The molecule has 0 aliphatic heterocycles. The lowest BCUT2D eigenvalue weighted by atomic mass is 10.2. The summed E-state index contributed by atoms with van der Waals surface area (Å²) < 4.78 is 42.8. The number of anilines is 2. The molecule has 5 rings (SSSR count). The lowest BCUT2D eigenvalue weighted by Gasteiger charge is -2.11. The number of benzene rings is 2. The zero-order chi connectivity index (χ0) is 23.7. The summed E-state index contributed by atoms with van der Waals surface area (Å²) in [4.78, 5) is 20.0. The van der Waals surface area contributed by atoms with Crippen LogP contribution >= 0.6 is 0 Å². The summed E-state index contributed by atoms with van der Waals surface area (Å²) >= 11 is 0. The molecule has 3 N–H and O–H groups in total. The number of nitrogens with one attached hydrogen (secondary N) is 3. The van der Waals surface area contributed by atoms with E-state index in [9.17, 15) is 18.0 Å². The van der Waals surface area contributed by atoms with E-state index in [1.165, 1.54) is 12.1 Å². The van der Waals surface area contributed by atoms with Crippen molar-refractivity contribution >= 4 is 39.3 Å². The first-order valence-corrected chi connectivity index (χ1v) is 10.3. The number of fused-ring (bicyclic) bond motifs is 2. The van der Waals surface area contributed by atoms with Gasteiger partial charge in [0.25, 0.3) is 0 Å². The Bertz CT molecular complexity index is 1470. The van der Waals surface area contributed by atoms with Crippen molar-refractivity contribution in [1.29, 1.82) is 0 Å². The summed E-state index contributed by atoms with van der Waals surface area (Å²) in [6, 6.07) is 15.8. The molecule has 0 radical (unpaired) electrons. The third-order valence-electron chi connectivity index (χ3n) is 5.29. The lowest BCUT2D eigenvalue weighted by molar-refractivity contribution is -0.274. The number of nitrogens with zero attached hydrogens (tertiary/aromatic N) is 2. The van der Waals surface area contributed by atoms with Gasteiger partial charge < -0.3 is 24.9 Å². The molecule has 0 aliphatic rings. The first kappa shape index (κ1) is 21.4. The van der Waals surface area contributed by atoms with E-state index >= 15 is 0 Å². The standard InChI is InChI=1S/C24H18F3N5O2/c25-24(26,27)34-17-8-6-16(7-9-17)30-23(33)31-20-4-1-5-21-19(20)10-12-32(21)14-15-13-29-22-18(15)3-2-11-28-22/h1-13H,14H2,(H,28,29)(H2,30,31,33). The molecule has 7 nitrogen and oxygen atoms in total. The number of alkyl halides is 3. The van der Waals surface area contributed by atoms with Gasteiger partial charge in [-0.05, 0) is 60.2 Å². The molecule has 0 spiro atoms. The number of pyridine rings is 1. The van der Waals surface area contributed by atoms with Crippen LogP contribution in [0.5, 0.6) is 5.75 Å². The maximum Gasteiger partial charge on any atom is 0.573 e. The van der Waals surface area contributed by atoms with Crippen molar-refractivity contribution < 1.29 is 22.7 Å². The minimum Gasteiger partial charge on any atom is -0.406 e. The Hall–Kier alpha value is -4.47. The third-order valence-corrected chi connectivity index (χ3v) is 5.29. The minimum atomic E-state index is -4.77. The number of hydrogen-bond donors (Lipinski definition) is 3. The van der Waals surface area contributed by atoms with Gasteiger partial charge in [0, 0.05) is 41.6 Å². The number of aromatic amines is 1. The Morgan fingerprint density at radius 3 is 2.62 bits per heavy atom. The topological polar surface area (TPSA) is 84.0 Å². The quantitative estimate of drug-likeness (QED) is 0.293. The summed E-state index contributed by atoms with van der Waals surface area (Å²) in [5.74, 6) is -0.365. The van der Waals surface area contributed by atoms with E-state index in [1.807, 2.05) is 42.7 Å². The van der Waals surface area contributed by atoms with Crippen LogP contribution in [0.15, 0.2) is 79.3 Å². The fourth-order valence-electron chi connectivity index (χ4n) is 3.82. The Morgan fingerprint density at radius 2 is 1.82 bits per heavy atom. The van der Waals surface area contributed by atoms with E-state index in [0.717, 1.165) is 39.6 Å². The van der Waals surface area contributed by atoms with Gasteiger partial charge in [-0.25, -0.2) is 9.78 Å². The predicted molar refractivity (Wildman–Crippen MR) is 123 cm³/mol. The summed E-state index contributed by atoms with van der Waals surface area (Å²) in [7, 11) is 0. The average molecular weight is 465 g/mol. The van der Waals surface area contributed by atoms with E-state index in [-0.39, 0.29) is 5.75 Å². The van der Waals surface area contributed by atoms with Crippen LogP contribution in [0.25, 0.3) is 21.9 Å². The third kappa shape index (κ3) is 4.51. The number of H-pyrrole nitrogens is 1. The number of urea groups is 1. The normalized spacial score (nSPS) is 11.6. The monoisotopic (exact) mass is 465 g/mol. The second-order valence-corrected chi connectivity index (χ2v) is 7.55. The van der Waals surface area contributed by atoms with Crippen molar-refractivity contribution in [3.63, 3.8) is 0 Å². The molecule has 0 bridgehead atoms. The summed E-state index contributed by atoms with van der Waals surface area (Å²) in [6.07, 6.45) is 0.847. The van der Waals surface area contributed by atoms with Crippen LogP contribution in [0, 0.1) is 0 Å². The molecule has 3 heterocycles. The molecule has 34 heavy (non-hydrogen) atoms. The molecule has 172 valence electrons. The number of aromatic nitrogens is 3. The van der Waals surface area contributed by atoms with Crippen molar-refractivity contribution in [3.8, 4) is 5.75 Å². The van der Waals surface area contributed by atoms with E-state index in [0.29, 0.717) is 17.9 Å². The maximum absolute atomic E-state index is 12.5.